The zero-order chi connectivity index (χ0) is 15.5. The van der Waals surface area contributed by atoms with Crippen molar-refractivity contribution in [2.24, 2.45) is 0 Å². The van der Waals surface area contributed by atoms with Crippen LogP contribution >= 0.6 is 27.5 Å². The van der Waals surface area contributed by atoms with E-state index in [1.165, 1.54) is 0 Å². The molecule has 0 N–H and O–H groups in total. The maximum Gasteiger partial charge on any atom is 0.259 e. The Morgan fingerprint density at radius 3 is 2.82 bits per heavy atom. The van der Waals surface area contributed by atoms with Gasteiger partial charge in [0.1, 0.15) is 5.75 Å². The summed E-state index contributed by atoms with van der Waals surface area (Å²) in [5, 5.41) is 4.71. The van der Waals surface area contributed by atoms with E-state index in [0.29, 0.717) is 23.2 Å². The molecule has 0 fully saturated rings. The van der Waals surface area contributed by atoms with Crippen LogP contribution in [0.5, 0.6) is 5.75 Å². The Hall–Kier alpha value is -1.85. The Morgan fingerprint density at radius 1 is 1.23 bits per heavy atom. The Morgan fingerprint density at radius 2 is 2.05 bits per heavy atom. The second-order valence-corrected chi connectivity index (χ2v) is 5.89. The van der Waals surface area contributed by atoms with E-state index >= 15 is 0 Å². The number of aromatic nitrogens is 2. The van der Waals surface area contributed by atoms with Crippen LogP contribution in [0.25, 0.3) is 11.5 Å². The molecule has 0 saturated heterocycles. The van der Waals surface area contributed by atoms with Crippen LogP contribution in [-0.4, -0.2) is 17.3 Å². The van der Waals surface area contributed by atoms with E-state index < -0.39 is 0 Å². The highest BCUT2D eigenvalue weighted by Crippen LogP contribution is 2.31. The van der Waals surface area contributed by atoms with Gasteiger partial charge in [-0.1, -0.05) is 35.0 Å². The maximum absolute atomic E-state index is 6.15. The Bertz CT molecular complexity index is 804. The first kappa shape index (κ1) is 15.1. The summed E-state index contributed by atoms with van der Waals surface area (Å²) in [5.41, 5.74) is 1.75. The van der Waals surface area contributed by atoms with Crippen LogP contribution in [0.15, 0.2) is 51.5 Å². The highest BCUT2D eigenvalue weighted by Gasteiger charge is 2.14. The summed E-state index contributed by atoms with van der Waals surface area (Å²) >= 11 is 9.63. The van der Waals surface area contributed by atoms with Gasteiger partial charge < -0.3 is 9.26 Å². The SMILES string of the molecule is COc1ccc(Br)c(-c2nc(Cc3ccccc3Cl)no2)c1. The lowest BCUT2D eigenvalue weighted by Gasteiger charge is -2.03. The lowest BCUT2D eigenvalue weighted by molar-refractivity contribution is 0.412. The molecule has 0 amide bonds. The van der Waals surface area contributed by atoms with Crippen molar-refractivity contribution in [1.82, 2.24) is 10.1 Å². The van der Waals surface area contributed by atoms with E-state index in [-0.39, 0.29) is 0 Å². The summed E-state index contributed by atoms with van der Waals surface area (Å²) in [6.45, 7) is 0. The van der Waals surface area contributed by atoms with Crippen molar-refractivity contribution in [3.05, 3.63) is 63.3 Å². The molecule has 3 rings (SSSR count). The quantitative estimate of drug-likeness (QED) is 0.656. The molecule has 22 heavy (non-hydrogen) atoms. The minimum atomic E-state index is 0.438. The molecular formula is C16H12BrClN2O2. The van der Waals surface area contributed by atoms with Gasteiger partial charge in [0.15, 0.2) is 5.82 Å². The zero-order valence-corrected chi connectivity index (χ0v) is 14.1. The summed E-state index contributed by atoms with van der Waals surface area (Å²) in [4.78, 5) is 4.43. The fraction of sp³-hybridized carbons (Fsp3) is 0.125. The number of methoxy groups -OCH3 is 1. The highest BCUT2D eigenvalue weighted by molar-refractivity contribution is 9.10. The lowest BCUT2D eigenvalue weighted by atomic mass is 10.1. The summed E-state index contributed by atoms with van der Waals surface area (Å²) in [7, 11) is 1.61. The predicted octanol–water partition coefficient (Wildman–Crippen LogP) is 4.75. The molecule has 1 heterocycles. The average molecular weight is 380 g/mol. The van der Waals surface area contributed by atoms with Gasteiger partial charge in [-0.3, -0.25) is 0 Å². The summed E-state index contributed by atoms with van der Waals surface area (Å²) in [5.74, 6) is 1.75. The molecule has 4 nitrogen and oxygen atoms in total. The van der Waals surface area contributed by atoms with Crippen LogP contribution in [0.3, 0.4) is 0 Å². The zero-order valence-electron chi connectivity index (χ0n) is 11.7. The molecular weight excluding hydrogens is 368 g/mol. The van der Waals surface area contributed by atoms with Crippen molar-refractivity contribution in [3.8, 4) is 17.2 Å². The van der Waals surface area contributed by atoms with E-state index in [1.807, 2.05) is 42.5 Å². The number of halogens is 2. The van der Waals surface area contributed by atoms with Crippen molar-refractivity contribution >= 4 is 27.5 Å². The van der Waals surface area contributed by atoms with Crippen LogP contribution in [0, 0.1) is 0 Å². The van der Waals surface area contributed by atoms with Crippen LogP contribution in [0.1, 0.15) is 11.4 Å². The van der Waals surface area contributed by atoms with Gasteiger partial charge in [-0.15, -0.1) is 0 Å². The van der Waals surface area contributed by atoms with Crippen molar-refractivity contribution in [3.63, 3.8) is 0 Å². The minimum Gasteiger partial charge on any atom is -0.497 e. The Balaban J connectivity index is 1.90. The molecule has 0 atom stereocenters. The second-order valence-electron chi connectivity index (χ2n) is 4.63. The number of benzene rings is 2. The third-order valence-electron chi connectivity index (χ3n) is 3.18. The van der Waals surface area contributed by atoms with Crippen LogP contribution in [0.4, 0.5) is 0 Å². The standard InChI is InChI=1S/C16H12BrClN2O2/c1-21-11-6-7-13(17)12(9-11)16-19-15(20-22-16)8-10-4-2-3-5-14(10)18/h2-7,9H,8H2,1H3. The number of hydrogen-bond acceptors (Lipinski definition) is 4. The van der Waals surface area contributed by atoms with Crippen LogP contribution in [0.2, 0.25) is 5.02 Å². The highest BCUT2D eigenvalue weighted by atomic mass is 79.9. The number of ether oxygens (including phenoxy) is 1. The van der Waals surface area contributed by atoms with Gasteiger partial charge in [-0.2, -0.15) is 4.98 Å². The molecule has 2 aromatic carbocycles. The van der Waals surface area contributed by atoms with Gasteiger partial charge in [0.2, 0.25) is 0 Å². The molecule has 0 radical (unpaired) electrons. The third kappa shape index (κ3) is 3.15. The normalized spacial score (nSPS) is 10.7. The maximum atomic E-state index is 6.15. The van der Waals surface area contributed by atoms with Crippen molar-refractivity contribution < 1.29 is 9.26 Å². The molecule has 112 valence electrons. The van der Waals surface area contributed by atoms with Crippen molar-refractivity contribution in [1.29, 1.82) is 0 Å². The van der Waals surface area contributed by atoms with E-state index in [1.54, 1.807) is 7.11 Å². The van der Waals surface area contributed by atoms with E-state index in [2.05, 4.69) is 26.1 Å². The van der Waals surface area contributed by atoms with Crippen LogP contribution in [-0.2, 0) is 6.42 Å². The molecule has 0 saturated carbocycles. The van der Waals surface area contributed by atoms with Gasteiger partial charge in [0.05, 0.1) is 12.7 Å². The first-order valence-corrected chi connectivity index (χ1v) is 7.74. The van der Waals surface area contributed by atoms with Gasteiger partial charge in [0, 0.05) is 15.9 Å². The fourth-order valence-electron chi connectivity index (χ4n) is 2.04. The summed E-state index contributed by atoms with van der Waals surface area (Å²) in [6.07, 6.45) is 0.519. The minimum absolute atomic E-state index is 0.438. The lowest BCUT2D eigenvalue weighted by Crippen LogP contribution is -1.92. The topological polar surface area (TPSA) is 48.2 Å². The third-order valence-corrected chi connectivity index (χ3v) is 4.24. The molecule has 0 aliphatic rings. The van der Waals surface area contributed by atoms with Gasteiger partial charge in [0.25, 0.3) is 5.89 Å². The molecule has 0 aliphatic heterocycles. The van der Waals surface area contributed by atoms with Gasteiger partial charge >= 0.3 is 0 Å². The smallest absolute Gasteiger partial charge is 0.259 e. The number of rotatable bonds is 4. The van der Waals surface area contributed by atoms with Crippen molar-refractivity contribution in [2.75, 3.05) is 7.11 Å². The Kier molecular flexibility index (Phi) is 4.45. The monoisotopic (exact) mass is 378 g/mol. The largest absolute Gasteiger partial charge is 0.497 e. The molecule has 6 heteroatoms. The van der Waals surface area contributed by atoms with Crippen molar-refractivity contribution in [2.45, 2.75) is 6.42 Å². The molecule has 0 bridgehead atoms. The molecule has 3 aromatic rings. The van der Waals surface area contributed by atoms with Gasteiger partial charge in [-0.05, 0) is 45.8 Å². The molecule has 0 unspecified atom stereocenters. The average Bonchev–Trinajstić information content (AvgIpc) is 2.98. The molecule has 0 aliphatic carbocycles. The van der Waals surface area contributed by atoms with E-state index in [9.17, 15) is 0 Å². The summed E-state index contributed by atoms with van der Waals surface area (Å²) in [6, 6.07) is 13.2. The first-order valence-electron chi connectivity index (χ1n) is 6.57. The van der Waals surface area contributed by atoms with Gasteiger partial charge in [-0.25, -0.2) is 0 Å². The first-order chi connectivity index (χ1) is 10.7. The fourth-order valence-corrected chi connectivity index (χ4v) is 2.66. The Labute approximate surface area is 141 Å². The van der Waals surface area contributed by atoms with E-state index in [0.717, 1.165) is 21.3 Å². The summed E-state index contributed by atoms with van der Waals surface area (Å²) < 4.78 is 11.4. The predicted molar refractivity (Wildman–Crippen MR) is 88.2 cm³/mol. The number of hydrogen-bond donors (Lipinski definition) is 0. The molecule has 0 spiro atoms. The van der Waals surface area contributed by atoms with Crippen LogP contribution < -0.4 is 4.74 Å². The molecule has 1 aromatic heterocycles. The second kappa shape index (κ2) is 6.50. The number of nitrogens with zero attached hydrogens (tertiary/aromatic N) is 2. The van der Waals surface area contributed by atoms with E-state index in [4.69, 9.17) is 20.9 Å².